The number of thiazole rings is 1. The van der Waals surface area contributed by atoms with Gasteiger partial charge in [-0.3, -0.25) is 19.1 Å². The molecule has 0 bridgehead atoms. The number of carbonyl (C=O) groups is 2. The highest BCUT2D eigenvalue weighted by Crippen LogP contribution is 2.10. The lowest BCUT2D eigenvalue weighted by atomic mass is 10.2. The number of rotatable bonds is 4. The van der Waals surface area contributed by atoms with Crippen molar-refractivity contribution in [3.05, 3.63) is 49.5 Å². The molecular weight excluding hydrogens is 410 g/mol. The highest BCUT2D eigenvalue weighted by Gasteiger charge is 2.11. The number of hydrogen-bond donors (Lipinski definition) is 1. The fraction of sp³-hybridized carbons (Fsp3) is 0.250. The summed E-state index contributed by atoms with van der Waals surface area (Å²) in [6, 6.07) is 6.35. The molecule has 1 aliphatic heterocycles. The molecule has 2 aromatic rings. The molecule has 7 nitrogen and oxygen atoms in total. The van der Waals surface area contributed by atoms with Gasteiger partial charge in [-0.25, -0.2) is 4.79 Å². The summed E-state index contributed by atoms with van der Waals surface area (Å²) in [7, 11) is 0. The molecule has 0 unspecified atom stereocenters. The summed E-state index contributed by atoms with van der Waals surface area (Å²) < 4.78 is 6.82. The number of halogens is 1. The first-order valence-corrected chi connectivity index (χ1v) is 8.24. The van der Waals surface area contributed by atoms with E-state index < -0.39 is 11.9 Å². The van der Waals surface area contributed by atoms with Gasteiger partial charge in [0.15, 0.2) is 4.80 Å². The van der Waals surface area contributed by atoms with Crippen molar-refractivity contribution in [1.29, 1.82) is 0 Å². The van der Waals surface area contributed by atoms with Crippen molar-refractivity contribution in [1.82, 2.24) is 4.57 Å². The zero-order chi connectivity index (χ0) is 17.1. The minimum absolute atomic E-state index is 0. The predicted octanol–water partition coefficient (Wildman–Crippen LogP) is -2.86. The summed E-state index contributed by atoms with van der Waals surface area (Å²) in [5.74, 6) is -0.816. The second-order valence-corrected chi connectivity index (χ2v) is 6.03. The molecule has 132 valence electrons. The van der Waals surface area contributed by atoms with Crippen LogP contribution in [0.5, 0.6) is 0 Å². The third-order valence-electron chi connectivity index (χ3n) is 3.38. The third kappa shape index (κ3) is 4.23. The summed E-state index contributed by atoms with van der Waals surface area (Å²) in [6.07, 6.45) is 1.27. The topological polar surface area (TPSA) is 89.8 Å². The molecule has 1 amide bonds. The predicted molar refractivity (Wildman–Crippen MR) is 89.7 cm³/mol. The number of ether oxygens (including phenoxy) is 1. The summed E-state index contributed by atoms with van der Waals surface area (Å²) in [6.45, 7) is 3.22. The molecule has 0 saturated heterocycles. The molecule has 1 aliphatic rings. The Bertz CT molecular complexity index is 963. The lowest BCUT2D eigenvalue weighted by molar-refractivity contribution is -0.110. The molecule has 0 saturated carbocycles. The van der Waals surface area contributed by atoms with E-state index in [4.69, 9.17) is 4.74 Å². The van der Waals surface area contributed by atoms with E-state index >= 15 is 0 Å². The Labute approximate surface area is 157 Å². The molecule has 1 aromatic carbocycles. The molecule has 3 rings (SSSR count). The van der Waals surface area contributed by atoms with Gasteiger partial charge in [-0.15, -0.1) is 0 Å². The van der Waals surface area contributed by atoms with Gasteiger partial charge in [0.25, 0.3) is 5.56 Å². The lowest BCUT2D eigenvalue weighted by Gasteiger charge is -2.04. The summed E-state index contributed by atoms with van der Waals surface area (Å²) in [5, 5.41) is 2.66. The fourth-order valence-corrected chi connectivity index (χ4v) is 3.27. The van der Waals surface area contributed by atoms with E-state index in [1.165, 1.54) is 17.4 Å². The minimum atomic E-state index is -0.410. The molecule has 0 spiro atoms. The van der Waals surface area contributed by atoms with Crippen LogP contribution in [0.3, 0.4) is 0 Å². The van der Waals surface area contributed by atoms with Crippen LogP contribution in [0, 0.1) is 0 Å². The number of hydrogen-bond acceptors (Lipinski definition) is 6. The van der Waals surface area contributed by atoms with Gasteiger partial charge in [-0.1, -0.05) is 11.3 Å². The average molecular weight is 425 g/mol. The Morgan fingerprint density at radius 1 is 1.36 bits per heavy atom. The zero-order valence-corrected chi connectivity index (χ0v) is 15.7. The summed E-state index contributed by atoms with van der Waals surface area (Å²) >= 11 is 1.21. The maximum Gasteiger partial charge on any atom is 0.338 e. The average Bonchev–Trinajstić information content (AvgIpc) is 3.12. The normalized spacial score (nSPS) is 12.8. The fourth-order valence-electron chi connectivity index (χ4n) is 2.27. The Hall–Kier alpha value is -2.26. The number of benzene rings is 1. The van der Waals surface area contributed by atoms with Gasteiger partial charge in [-0.2, -0.15) is 0 Å². The Morgan fingerprint density at radius 3 is 2.72 bits per heavy atom. The van der Waals surface area contributed by atoms with Gasteiger partial charge in [-0.05, 0) is 31.2 Å². The standard InChI is InChI=1S/C16H15N3O4S.BrH/c1-2-23-15(22)10-3-5-11(6-4-10)18-13(20)9-12-14(21)19-8-7-17-16(19)24-12;/h3-6,9H,2,7-8H2,1H3,(H,18,20);1H/p-1/b12-9-;. The summed E-state index contributed by atoms with van der Waals surface area (Å²) in [4.78, 5) is 40.5. The van der Waals surface area contributed by atoms with Crippen molar-refractivity contribution >= 4 is 35.0 Å². The maximum absolute atomic E-state index is 12.1. The molecule has 2 heterocycles. The van der Waals surface area contributed by atoms with E-state index in [0.717, 1.165) is 0 Å². The quantitative estimate of drug-likeness (QED) is 0.534. The van der Waals surface area contributed by atoms with Crippen molar-refractivity contribution in [2.75, 3.05) is 18.5 Å². The van der Waals surface area contributed by atoms with Crippen LogP contribution in [0.4, 0.5) is 5.69 Å². The monoisotopic (exact) mass is 424 g/mol. The van der Waals surface area contributed by atoms with E-state index in [1.807, 2.05) is 0 Å². The first-order valence-electron chi connectivity index (χ1n) is 7.42. The minimum Gasteiger partial charge on any atom is -1.00 e. The largest absolute Gasteiger partial charge is 1.00 e. The van der Waals surface area contributed by atoms with Crippen LogP contribution in [0.2, 0.25) is 0 Å². The van der Waals surface area contributed by atoms with Gasteiger partial charge in [0, 0.05) is 18.3 Å². The second kappa shape index (κ2) is 8.21. The SMILES string of the molecule is CCOC(=O)c1ccc(NC(=O)/C=c2\sc3n(c2=O)CCN=3)cc1.[Br-]. The van der Waals surface area contributed by atoms with Crippen LogP contribution >= 0.6 is 11.3 Å². The van der Waals surface area contributed by atoms with Crippen LogP contribution in [0.1, 0.15) is 17.3 Å². The van der Waals surface area contributed by atoms with E-state index in [2.05, 4.69) is 10.3 Å². The number of nitrogens with one attached hydrogen (secondary N) is 1. The number of carbonyl (C=O) groups excluding carboxylic acids is 2. The first kappa shape index (κ1) is 19.1. The molecule has 0 aliphatic carbocycles. The number of fused-ring (bicyclic) bond motifs is 1. The van der Waals surface area contributed by atoms with Crippen LogP contribution in [0.15, 0.2) is 34.1 Å². The zero-order valence-electron chi connectivity index (χ0n) is 13.3. The van der Waals surface area contributed by atoms with E-state index in [0.29, 0.717) is 40.3 Å². The highest BCUT2D eigenvalue weighted by atomic mass is 79.9. The van der Waals surface area contributed by atoms with Gasteiger partial charge in [0.05, 0.1) is 18.7 Å². The van der Waals surface area contributed by atoms with Crippen molar-refractivity contribution in [3.8, 4) is 0 Å². The first-order chi connectivity index (χ1) is 11.6. The number of aromatic nitrogens is 1. The maximum atomic E-state index is 12.1. The molecule has 25 heavy (non-hydrogen) atoms. The van der Waals surface area contributed by atoms with Gasteiger partial charge in [0.2, 0.25) is 5.91 Å². The van der Waals surface area contributed by atoms with Crippen molar-refractivity contribution in [2.45, 2.75) is 13.5 Å². The number of nitrogens with zero attached hydrogens (tertiary/aromatic N) is 2. The van der Waals surface area contributed by atoms with Gasteiger partial charge in [0.1, 0.15) is 4.53 Å². The Balaban J connectivity index is 0.00000225. The lowest BCUT2D eigenvalue weighted by Crippen LogP contribution is -3.00. The van der Waals surface area contributed by atoms with Gasteiger partial charge < -0.3 is 27.0 Å². The van der Waals surface area contributed by atoms with E-state index in [9.17, 15) is 14.4 Å². The van der Waals surface area contributed by atoms with Crippen molar-refractivity contribution < 1.29 is 31.3 Å². The molecule has 1 aromatic heterocycles. The van der Waals surface area contributed by atoms with E-state index in [-0.39, 0.29) is 22.5 Å². The molecule has 1 N–H and O–H groups in total. The summed E-state index contributed by atoms with van der Waals surface area (Å²) in [5.41, 5.74) is 0.746. The van der Waals surface area contributed by atoms with Crippen molar-refractivity contribution in [2.24, 2.45) is 4.99 Å². The highest BCUT2D eigenvalue weighted by molar-refractivity contribution is 7.07. The molecule has 0 radical (unpaired) electrons. The van der Waals surface area contributed by atoms with Crippen LogP contribution in [-0.2, 0) is 16.1 Å². The van der Waals surface area contributed by atoms with Crippen LogP contribution < -0.4 is 37.2 Å². The molecular formula is C16H15BrN3O4S-. The molecule has 9 heteroatoms. The Morgan fingerprint density at radius 2 is 2.08 bits per heavy atom. The Kier molecular flexibility index (Phi) is 6.27. The number of esters is 1. The number of amides is 1. The van der Waals surface area contributed by atoms with Crippen LogP contribution in [0.25, 0.3) is 6.08 Å². The third-order valence-corrected chi connectivity index (χ3v) is 4.43. The smallest absolute Gasteiger partial charge is 0.338 e. The van der Waals surface area contributed by atoms with Crippen molar-refractivity contribution in [3.63, 3.8) is 0 Å². The number of anilines is 1. The van der Waals surface area contributed by atoms with Crippen LogP contribution in [-0.4, -0.2) is 29.6 Å². The van der Waals surface area contributed by atoms with E-state index in [1.54, 1.807) is 35.8 Å². The van der Waals surface area contributed by atoms with Gasteiger partial charge >= 0.3 is 5.97 Å². The molecule has 0 fully saturated rings. The second-order valence-electron chi connectivity index (χ2n) is 5.02. The molecule has 0 atom stereocenters.